The number of nitrogens with one attached hydrogen (secondary N) is 1. The van der Waals surface area contributed by atoms with Crippen molar-refractivity contribution >= 4 is 11.6 Å². The zero-order valence-corrected chi connectivity index (χ0v) is 13.3. The molecule has 0 heterocycles. The van der Waals surface area contributed by atoms with Crippen LogP contribution in [0.2, 0.25) is 0 Å². The largest absolute Gasteiger partial charge is 0.484 e. The highest BCUT2D eigenvalue weighted by molar-refractivity contribution is 5.91. The molecule has 0 aliphatic carbocycles. The Balaban J connectivity index is 1.80. The summed E-state index contributed by atoms with van der Waals surface area (Å²) in [5, 5.41) is 2.84. The van der Waals surface area contributed by atoms with Gasteiger partial charge in [0.2, 0.25) is 0 Å². The van der Waals surface area contributed by atoms with Crippen LogP contribution in [-0.4, -0.2) is 12.5 Å². The van der Waals surface area contributed by atoms with Crippen molar-refractivity contribution in [1.82, 2.24) is 0 Å². The fraction of sp³-hybridized carbons (Fsp3) is 0.316. The number of carbonyl (C=O) groups excluding carboxylic acids is 1. The van der Waals surface area contributed by atoms with Crippen molar-refractivity contribution in [1.29, 1.82) is 0 Å². The molecule has 0 spiro atoms. The maximum Gasteiger partial charge on any atom is 0.262 e. The Kier molecular flexibility index (Phi) is 6.01. The van der Waals surface area contributed by atoms with Crippen LogP contribution >= 0.6 is 0 Å². The fourth-order valence-corrected chi connectivity index (χ4v) is 2.12. The third-order valence-electron chi connectivity index (χ3n) is 3.45. The molecule has 0 aromatic heterocycles. The van der Waals surface area contributed by atoms with Crippen LogP contribution in [-0.2, 0) is 11.2 Å². The van der Waals surface area contributed by atoms with Crippen molar-refractivity contribution in [2.45, 2.75) is 33.1 Å². The molecule has 0 radical (unpaired) electrons. The van der Waals surface area contributed by atoms with Crippen LogP contribution in [0.3, 0.4) is 0 Å². The Morgan fingerprint density at radius 2 is 1.73 bits per heavy atom. The van der Waals surface area contributed by atoms with Crippen LogP contribution < -0.4 is 10.1 Å². The van der Waals surface area contributed by atoms with E-state index >= 15 is 0 Å². The van der Waals surface area contributed by atoms with Gasteiger partial charge in [0.1, 0.15) is 5.75 Å². The van der Waals surface area contributed by atoms with Crippen molar-refractivity contribution in [3.63, 3.8) is 0 Å². The Morgan fingerprint density at radius 3 is 2.36 bits per heavy atom. The summed E-state index contributed by atoms with van der Waals surface area (Å²) in [7, 11) is 0. The molecule has 0 unspecified atom stereocenters. The number of benzene rings is 2. The summed E-state index contributed by atoms with van der Waals surface area (Å²) < 4.78 is 5.46. The molecule has 0 saturated carbocycles. The number of amides is 1. The van der Waals surface area contributed by atoms with Crippen molar-refractivity contribution < 1.29 is 9.53 Å². The van der Waals surface area contributed by atoms with Crippen LogP contribution in [0.5, 0.6) is 5.75 Å². The maximum absolute atomic E-state index is 11.9. The first-order valence-electron chi connectivity index (χ1n) is 7.75. The normalized spacial score (nSPS) is 10.3. The van der Waals surface area contributed by atoms with Gasteiger partial charge in [0, 0.05) is 5.69 Å². The van der Waals surface area contributed by atoms with Gasteiger partial charge in [-0.05, 0) is 49.6 Å². The Hall–Kier alpha value is -2.29. The highest BCUT2D eigenvalue weighted by Gasteiger charge is 2.04. The number of carbonyl (C=O) groups is 1. The van der Waals surface area contributed by atoms with Gasteiger partial charge < -0.3 is 10.1 Å². The van der Waals surface area contributed by atoms with Crippen LogP contribution in [0.4, 0.5) is 5.69 Å². The SMILES string of the molecule is CCCCc1ccc(NC(=O)COc2ccc(C)cc2)cc1. The van der Waals surface area contributed by atoms with E-state index in [9.17, 15) is 4.79 Å². The standard InChI is InChI=1S/C19H23NO2/c1-3-4-5-16-8-10-17(11-9-16)20-19(21)14-22-18-12-6-15(2)7-13-18/h6-13H,3-5,14H2,1-2H3,(H,20,21). The molecule has 22 heavy (non-hydrogen) atoms. The molecule has 2 aromatic carbocycles. The molecule has 2 aromatic rings. The summed E-state index contributed by atoms with van der Waals surface area (Å²) in [6, 6.07) is 15.7. The first kappa shape index (κ1) is 16.1. The van der Waals surface area contributed by atoms with Gasteiger partial charge in [-0.25, -0.2) is 0 Å². The van der Waals surface area contributed by atoms with Gasteiger partial charge in [-0.2, -0.15) is 0 Å². The van der Waals surface area contributed by atoms with Crippen molar-refractivity contribution in [2.75, 3.05) is 11.9 Å². The Labute approximate surface area is 132 Å². The molecule has 0 saturated heterocycles. The predicted molar refractivity (Wildman–Crippen MR) is 90.4 cm³/mol. The maximum atomic E-state index is 11.9. The van der Waals surface area contributed by atoms with Gasteiger partial charge in [0.25, 0.3) is 5.91 Å². The molecule has 0 atom stereocenters. The topological polar surface area (TPSA) is 38.3 Å². The second-order valence-corrected chi connectivity index (χ2v) is 5.45. The van der Waals surface area contributed by atoms with Gasteiger partial charge in [-0.15, -0.1) is 0 Å². The summed E-state index contributed by atoms with van der Waals surface area (Å²) in [5.74, 6) is 0.553. The van der Waals surface area contributed by atoms with Crippen LogP contribution in [0.15, 0.2) is 48.5 Å². The number of hydrogen-bond donors (Lipinski definition) is 1. The van der Waals surface area contributed by atoms with Crippen molar-refractivity contribution in [3.8, 4) is 5.75 Å². The van der Waals surface area contributed by atoms with Gasteiger partial charge in [0.15, 0.2) is 6.61 Å². The summed E-state index contributed by atoms with van der Waals surface area (Å²) >= 11 is 0. The average molecular weight is 297 g/mol. The van der Waals surface area contributed by atoms with E-state index in [2.05, 4.69) is 24.4 Å². The Bertz CT molecular complexity index is 588. The lowest BCUT2D eigenvalue weighted by Crippen LogP contribution is -2.20. The minimum Gasteiger partial charge on any atom is -0.484 e. The van der Waals surface area contributed by atoms with Gasteiger partial charge in [0.05, 0.1) is 0 Å². The average Bonchev–Trinajstić information content (AvgIpc) is 2.54. The smallest absolute Gasteiger partial charge is 0.262 e. The lowest BCUT2D eigenvalue weighted by molar-refractivity contribution is -0.118. The molecule has 116 valence electrons. The molecule has 1 amide bonds. The van der Waals surface area contributed by atoms with Gasteiger partial charge in [-0.3, -0.25) is 4.79 Å². The molecule has 3 heteroatoms. The molecule has 0 aliphatic heterocycles. The van der Waals surface area contributed by atoms with E-state index in [0.717, 1.165) is 12.1 Å². The zero-order valence-electron chi connectivity index (χ0n) is 13.3. The van der Waals surface area contributed by atoms with Crippen LogP contribution in [0, 0.1) is 6.92 Å². The molecule has 3 nitrogen and oxygen atoms in total. The molecular formula is C19H23NO2. The highest BCUT2D eigenvalue weighted by atomic mass is 16.5. The summed E-state index contributed by atoms with van der Waals surface area (Å²) in [6.45, 7) is 4.21. The monoisotopic (exact) mass is 297 g/mol. The molecule has 0 bridgehead atoms. The highest BCUT2D eigenvalue weighted by Crippen LogP contribution is 2.13. The first-order valence-corrected chi connectivity index (χ1v) is 7.75. The van der Waals surface area contributed by atoms with Crippen LogP contribution in [0.1, 0.15) is 30.9 Å². The second-order valence-electron chi connectivity index (χ2n) is 5.45. The summed E-state index contributed by atoms with van der Waals surface area (Å²) in [4.78, 5) is 11.9. The predicted octanol–water partition coefficient (Wildman–Crippen LogP) is 4.36. The van der Waals surface area contributed by atoms with E-state index in [1.54, 1.807) is 0 Å². The number of ether oxygens (including phenoxy) is 1. The number of anilines is 1. The number of aryl methyl sites for hydroxylation is 2. The third-order valence-corrected chi connectivity index (χ3v) is 3.45. The van der Waals surface area contributed by atoms with Crippen molar-refractivity contribution in [3.05, 3.63) is 59.7 Å². The molecular weight excluding hydrogens is 274 g/mol. The molecule has 0 fully saturated rings. The fourth-order valence-electron chi connectivity index (χ4n) is 2.12. The zero-order chi connectivity index (χ0) is 15.8. The number of rotatable bonds is 7. The third kappa shape index (κ3) is 5.24. The number of unbranched alkanes of at least 4 members (excludes halogenated alkanes) is 1. The molecule has 2 rings (SSSR count). The van der Waals surface area contributed by atoms with E-state index in [1.165, 1.54) is 24.0 Å². The van der Waals surface area contributed by atoms with Gasteiger partial charge >= 0.3 is 0 Å². The minimum absolute atomic E-state index is 0.0145. The summed E-state index contributed by atoms with van der Waals surface area (Å²) in [6.07, 6.45) is 3.46. The minimum atomic E-state index is -0.151. The van der Waals surface area contributed by atoms with Crippen LogP contribution in [0.25, 0.3) is 0 Å². The van der Waals surface area contributed by atoms with Crippen molar-refractivity contribution in [2.24, 2.45) is 0 Å². The quantitative estimate of drug-likeness (QED) is 0.825. The lowest BCUT2D eigenvalue weighted by atomic mass is 10.1. The van der Waals surface area contributed by atoms with E-state index < -0.39 is 0 Å². The van der Waals surface area contributed by atoms with E-state index in [0.29, 0.717) is 5.75 Å². The molecule has 0 aliphatic rings. The van der Waals surface area contributed by atoms with E-state index in [4.69, 9.17) is 4.74 Å². The first-order chi connectivity index (χ1) is 10.7. The number of hydrogen-bond acceptors (Lipinski definition) is 2. The Morgan fingerprint density at radius 1 is 1.05 bits per heavy atom. The second kappa shape index (κ2) is 8.23. The summed E-state index contributed by atoms with van der Waals surface area (Å²) in [5.41, 5.74) is 3.27. The van der Waals surface area contributed by atoms with E-state index in [-0.39, 0.29) is 12.5 Å². The molecule has 1 N–H and O–H groups in total. The van der Waals surface area contributed by atoms with E-state index in [1.807, 2.05) is 43.3 Å². The van der Waals surface area contributed by atoms with Gasteiger partial charge in [-0.1, -0.05) is 43.2 Å². The lowest BCUT2D eigenvalue weighted by Gasteiger charge is -2.08.